The first-order valence-corrected chi connectivity index (χ1v) is 10.0. The predicted octanol–water partition coefficient (Wildman–Crippen LogP) is 4.42. The minimum absolute atomic E-state index is 0.102. The van der Waals surface area contributed by atoms with Crippen molar-refractivity contribution < 1.29 is 4.79 Å². The molecule has 0 spiro atoms. The number of hydrogen-bond donors (Lipinski definition) is 1. The molecule has 4 aromatic rings. The van der Waals surface area contributed by atoms with Crippen molar-refractivity contribution in [3.63, 3.8) is 0 Å². The number of rotatable bonds is 4. The molecule has 0 saturated carbocycles. The number of amides is 1. The Balaban J connectivity index is 1.77. The predicted molar refractivity (Wildman–Crippen MR) is 123 cm³/mol. The molecule has 1 aromatic heterocycles. The number of hydrazone groups is 1. The van der Waals surface area contributed by atoms with Gasteiger partial charge in [-0.1, -0.05) is 54.1 Å². The molecular formula is C24H19ClN4O2. The second-order valence-corrected chi connectivity index (χ2v) is 7.51. The number of halogens is 1. The summed E-state index contributed by atoms with van der Waals surface area (Å²) in [6.45, 7) is 3.95. The summed E-state index contributed by atoms with van der Waals surface area (Å²) < 4.78 is 1.25. The van der Waals surface area contributed by atoms with Gasteiger partial charge in [0.15, 0.2) is 5.69 Å². The number of carbonyl (C=O) groups excluding carboxylic acids is 1. The molecule has 0 fully saturated rings. The molecule has 4 rings (SSSR count). The Kier molecular flexibility index (Phi) is 5.64. The van der Waals surface area contributed by atoms with Gasteiger partial charge in [-0.2, -0.15) is 14.9 Å². The normalized spacial score (nSPS) is 11.2. The van der Waals surface area contributed by atoms with Crippen LogP contribution in [-0.2, 0) is 0 Å². The van der Waals surface area contributed by atoms with Crippen LogP contribution in [0.15, 0.2) is 76.6 Å². The molecule has 31 heavy (non-hydrogen) atoms. The number of aromatic nitrogens is 2. The summed E-state index contributed by atoms with van der Waals surface area (Å²) in [5.41, 5.74) is 5.67. The Bertz CT molecular complexity index is 1390. The maximum absolute atomic E-state index is 13.1. The number of hydrogen-bond acceptors (Lipinski definition) is 4. The molecule has 1 amide bonds. The topological polar surface area (TPSA) is 76.3 Å². The minimum atomic E-state index is -0.530. The Morgan fingerprint density at radius 2 is 1.71 bits per heavy atom. The van der Waals surface area contributed by atoms with E-state index in [-0.39, 0.29) is 11.3 Å². The first-order chi connectivity index (χ1) is 15.0. The van der Waals surface area contributed by atoms with Crippen molar-refractivity contribution >= 4 is 34.5 Å². The van der Waals surface area contributed by atoms with Gasteiger partial charge >= 0.3 is 0 Å². The number of nitrogens with one attached hydrogen (secondary N) is 1. The highest BCUT2D eigenvalue weighted by Gasteiger charge is 2.17. The standard InChI is InChI=1S/C24H19ClN4O2/c1-15-11-12-18(13-16(15)2)29-24(31)20-9-5-4-8-19(20)22(28-29)23(30)27-26-14-17-7-3-6-10-21(17)25/h3-14H,1-2H3,(H,27,30)/b26-14-. The van der Waals surface area contributed by atoms with E-state index in [0.717, 1.165) is 11.1 Å². The summed E-state index contributed by atoms with van der Waals surface area (Å²) in [6.07, 6.45) is 1.46. The zero-order valence-corrected chi connectivity index (χ0v) is 17.7. The summed E-state index contributed by atoms with van der Waals surface area (Å²) in [5, 5.41) is 9.75. The van der Waals surface area contributed by atoms with Crippen LogP contribution in [0.3, 0.4) is 0 Å². The second kappa shape index (κ2) is 8.53. The third kappa shape index (κ3) is 4.11. The lowest BCUT2D eigenvalue weighted by Gasteiger charge is -2.11. The molecule has 0 aliphatic rings. The van der Waals surface area contributed by atoms with Crippen LogP contribution in [0.1, 0.15) is 27.2 Å². The largest absolute Gasteiger partial charge is 0.292 e. The maximum atomic E-state index is 13.1. The fraction of sp³-hybridized carbons (Fsp3) is 0.0833. The van der Waals surface area contributed by atoms with Crippen LogP contribution < -0.4 is 11.0 Å². The van der Waals surface area contributed by atoms with E-state index in [1.807, 2.05) is 44.2 Å². The van der Waals surface area contributed by atoms with Crippen LogP contribution in [-0.4, -0.2) is 21.9 Å². The Morgan fingerprint density at radius 1 is 1.00 bits per heavy atom. The van der Waals surface area contributed by atoms with Crippen LogP contribution in [0.5, 0.6) is 0 Å². The highest BCUT2D eigenvalue weighted by atomic mass is 35.5. The van der Waals surface area contributed by atoms with Crippen LogP contribution in [0.25, 0.3) is 16.5 Å². The van der Waals surface area contributed by atoms with Gasteiger partial charge in [0.1, 0.15) is 0 Å². The SMILES string of the molecule is Cc1ccc(-n2nc(C(=O)N/N=C\c3ccccc3Cl)c3ccccc3c2=O)cc1C. The number of benzene rings is 3. The third-order valence-electron chi connectivity index (χ3n) is 5.03. The van der Waals surface area contributed by atoms with Gasteiger partial charge in [-0.3, -0.25) is 9.59 Å². The lowest BCUT2D eigenvalue weighted by Crippen LogP contribution is -2.28. The fourth-order valence-corrected chi connectivity index (χ4v) is 3.37. The molecule has 0 aliphatic carbocycles. The van der Waals surface area contributed by atoms with E-state index in [4.69, 9.17) is 11.6 Å². The van der Waals surface area contributed by atoms with E-state index in [1.165, 1.54) is 10.9 Å². The molecule has 7 heteroatoms. The molecule has 0 atom stereocenters. The Hall–Kier alpha value is -3.77. The van der Waals surface area contributed by atoms with E-state index < -0.39 is 5.91 Å². The van der Waals surface area contributed by atoms with E-state index in [2.05, 4.69) is 15.6 Å². The highest BCUT2D eigenvalue weighted by molar-refractivity contribution is 6.33. The van der Waals surface area contributed by atoms with Gasteiger partial charge in [0.2, 0.25) is 0 Å². The van der Waals surface area contributed by atoms with Gasteiger partial charge in [-0.05, 0) is 49.2 Å². The summed E-state index contributed by atoms with van der Waals surface area (Å²) in [7, 11) is 0. The molecular weight excluding hydrogens is 412 g/mol. The van der Waals surface area contributed by atoms with E-state index in [1.54, 1.807) is 36.4 Å². The molecule has 0 radical (unpaired) electrons. The number of nitrogens with zero attached hydrogens (tertiary/aromatic N) is 3. The lowest BCUT2D eigenvalue weighted by molar-refractivity contribution is 0.0950. The summed E-state index contributed by atoms with van der Waals surface area (Å²) in [6, 6.07) is 19.6. The van der Waals surface area contributed by atoms with E-state index in [9.17, 15) is 9.59 Å². The van der Waals surface area contributed by atoms with Crippen molar-refractivity contribution in [3.05, 3.63) is 104 Å². The van der Waals surface area contributed by atoms with Crippen molar-refractivity contribution in [2.75, 3.05) is 0 Å². The molecule has 1 heterocycles. The van der Waals surface area contributed by atoms with Crippen molar-refractivity contribution in [2.45, 2.75) is 13.8 Å². The van der Waals surface area contributed by atoms with Gasteiger partial charge in [-0.15, -0.1) is 0 Å². The molecule has 154 valence electrons. The van der Waals surface area contributed by atoms with Crippen molar-refractivity contribution in [1.82, 2.24) is 15.2 Å². The first-order valence-electron chi connectivity index (χ1n) is 9.63. The van der Waals surface area contributed by atoms with Gasteiger partial charge in [0.05, 0.1) is 17.3 Å². The number of carbonyl (C=O) groups is 1. The lowest BCUT2D eigenvalue weighted by atomic mass is 10.1. The smallest absolute Gasteiger partial charge is 0.267 e. The third-order valence-corrected chi connectivity index (χ3v) is 5.37. The summed E-state index contributed by atoms with van der Waals surface area (Å²) in [5.74, 6) is -0.530. The van der Waals surface area contributed by atoms with Crippen molar-refractivity contribution in [2.24, 2.45) is 5.10 Å². The Labute approximate surface area is 183 Å². The summed E-state index contributed by atoms with van der Waals surface area (Å²) in [4.78, 5) is 26.0. The van der Waals surface area contributed by atoms with E-state index >= 15 is 0 Å². The fourth-order valence-electron chi connectivity index (χ4n) is 3.18. The molecule has 0 aliphatic heterocycles. The average Bonchev–Trinajstić information content (AvgIpc) is 2.77. The van der Waals surface area contributed by atoms with Crippen molar-refractivity contribution in [3.8, 4) is 5.69 Å². The average molecular weight is 431 g/mol. The molecule has 0 unspecified atom stereocenters. The molecule has 1 N–H and O–H groups in total. The second-order valence-electron chi connectivity index (χ2n) is 7.10. The zero-order chi connectivity index (χ0) is 22.0. The van der Waals surface area contributed by atoms with Crippen LogP contribution in [0.4, 0.5) is 0 Å². The van der Waals surface area contributed by atoms with Gasteiger partial charge < -0.3 is 0 Å². The first kappa shape index (κ1) is 20.5. The minimum Gasteiger partial charge on any atom is -0.267 e. The highest BCUT2D eigenvalue weighted by Crippen LogP contribution is 2.17. The Morgan fingerprint density at radius 3 is 2.45 bits per heavy atom. The molecule has 0 bridgehead atoms. The maximum Gasteiger partial charge on any atom is 0.292 e. The number of fused-ring (bicyclic) bond motifs is 1. The molecule has 6 nitrogen and oxygen atoms in total. The van der Waals surface area contributed by atoms with Crippen LogP contribution >= 0.6 is 11.6 Å². The number of aryl methyl sites for hydroxylation is 2. The zero-order valence-electron chi connectivity index (χ0n) is 17.0. The molecule has 3 aromatic carbocycles. The monoisotopic (exact) mass is 430 g/mol. The van der Waals surface area contributed by atoms with Gasteiger partial charge in [-0.25, -0.2) is 5.43 Å². The molecule has 0 saturated heterocycles. The van der Waals surface area contributed by atoms with E-state index in [0.29, 0.717) is 27.0 Å². The van der Waals surface area contributed by atoms with Crippen LogP contribution in [0, 0.1) is 13.8 Å². The quantitative estimate of drug-likeness (QED) is 0.384. The van der Waals surface area contributed by atoms with Crippen LogP contribution in [0.2, 0.25) is 5.02 Å². The van der Waals surface area contributed by atoms with Gasteiger partial charge in [0.25, 0.3) is 11.5 Å². The summed E-state index contributed by atoms with van der Waals surface area (Å²) >= 11 is 6.11. The van der Waals surface area contributed by atoms with Gasteiger partial charge in [0, 0.05) is 16.0 Å². The van der Waals surface area contributed by atoms with Crippen molar-refractivity contribution in [1.29, 1.82) is 0 Å².